The van der Waals surface area contributed by atoms with Crippen LogP contribution in [0.15, 0.2) is 0 Å². The van der Waals surface area contributed by atoms with Crippen LogP contribution in [0, 0.1) is 0 Å². The van der Waals surface area contributed by atoms with E-state index >= 15 is 0 Å². The summed E-state index contributed by atoms with van der Waals surface area (Å²) in [5.41, 5.74) is 4.87. The maximum Gasteiger partial charge on any atom is 0.408 e. The molecule has 1 aliphatic rings. The van der Waals surface area contributed by atoms with E-state index < -0.39 is 17.7 Å². The zero-order chi connectivity index (χ0) is 16.8. The van der Waals surface area contributed by atoms with E-state index in [1.807, 2.05) is 0 Å². The molecule has 1 aliphatic heterocycles. The summed E-state index contributed by atoms with van der Waals surface area (Å²) < 4.78 is 5.20. The minimum absolute atomic E-state index is 0.158. The Balaban J connectivity index is 2.72. The summed E-state index contributed by atoms with van der Waals surface area (Å²) in [4.78, 5) is 36.2. The quantitative estimate of drug-likeness (QED) is 0.568. The monoisotopic (exact) mass is 314 g/mol. The predicted molar refractivity (Wildman–Crippen MR) is 81.4 cm³/mol. The van der Waals surface area contributed by atoms with Crippen molar-refractivity contribution in [1.29, 1.82) is 0 Å². The molecule has 22 heavy (non-hydrogen) atoms. The number of nitrogens with two attached hydrogens (primary N) is 1. The van der Waals surface area contributed by atoms with E-state index in [1.54, 1.807) is 20.8 Å². The van der Waals surface area contributed by atoms with Gasteiger partial charge in [0.25, 0.3) is 0 Å². The third-order valence-electron chi connectivity index (χ3n) is 3.59. The fourth-order valence-electron chi connectivity index (χ4n) is 2.59. The van der Waals surface area contributed by atoms with Gasteiger partial charge in [0.2, 0.25) is 0 Å². The van der Waals surface area contributed by atoms with Crippen LogP contribution in [0.5, 0.6) is 0 Å². The SMILES string of the molecule is CC(C)(C)OC(=O)N[C@@H](CCCN)C(=O)[NH+]1CCC[C@H]1C=O. The molecule has 4 N–H and O–H groups in total. The fourth-order valence-corrected chi connectivity index (χ4v) is 2.59. The Labute approximate surface area is 131 Å². The Morgan fingerprint density at radius 2 is 2.14 bits per heavy atom. The average molecular weight is 314 g/mol. The van der Waals surface area contributed by atoms with Gasteiger partial charge >= 0.3 is 12.0 Å². The lowest BCUT2D eigenvalue weighted by Crippen LogP contribution is -3.18. The van der Waals surface area contributed by atoms with Crippen LogP contribution in [0.1, 0.15) is 46.5 Å². The molecule has 0 aromatic heterocycles. The maximum atomic E-state index is 12.6. The van der Waals surface area contributed by atoms with Crippen LogP contribution in [0.25, 0.3) is 0 Å². The van der Waals surface area contributed by atoms with E-state index in [0.717, 1.165) is 12.7 Å². The lowest BCUT2D eigenvalue weighted by Gasteiger charge is -2.24. The largest absolute Gasteiger partial charge is 0.444 e. The Morgan fingerprint density at radius 1 is 1.45 bits per heavy atom. The lowest BCUT2D eigenvalue weighted by molar-refractivity contribution is -0.823. The molecule has 1 fully saturated rings. The summed E-state index contributed by atoms with van der Waals surface area (Å²) in [6, 6.07) is -0.984. The zero-order valence-corrected chi connectivity index (χ0v) is 13.7. The number of alkyl carbamates (subject to hydrolysis) is 1. The minimum Gasteiger partial charge on any atom is -0.444 e. The van der Waals surface area contributed by atoms with Crippen molar-refractivity contribution < 1.29 is 24.0 Å². The number of carbonyl (C=O) groups excluding carboxylic acids is 3. The number of quaternary nitrogens is 1. The number of aldehydes is 1. The summed E-state index contributed by atoms with van der Waals surface area (Å²) in [5, 5.41) is 2.63. The van der Waals surface area contributed by atoms with Crippen molar-refractivity contribution in [2.45, 2.75) is 64.1 Å². The first-order valence-corrected chi connectivity index (χ1v) is 7.83. The van der Waals surface area contributed by atoms with Gasteiger partial charge < -0.3 is 15.8 Å². The van der Waals surface area contributed by atoms with Crippen LogP contribution < -0.4 is 16.0 Å². The van der Waals surface area contributed by atoms with E-state index in [1.165, 1.54) is 0 Å². The number of carbonyl (C=O) groups is 3. The number of nitrogens with one attached hydrogen (secondary N) is 2. The molecule has 7 heteroatoms. The molecule has 3 atom stereocenters. The van der Waals surface area contributed by atoms with E-state index in [-0.39, 0.29) is 11.9 Å². The molecule has 2 amide bonds. The summed E-state index contributed by atoms with van der Waals surface area (Å²) in [6.45, 7) is 6.34. The van der Waals surface area contributed by atoms with Crippen molar-refractivity contribution in [2.24, 2.45) is 5.73 Å². The van der Waals surface area contributed by atoms with Crippen molar-refractivity contribution >= 4 is 18.3 Å². The number of hydrogen-bond donors (Lipinski definition) is 3. The van der Waals surface area contributed by atoms with Crippen molar-refractivity contribution in [1.82, 2.24) is 5.32 Å². The van der Waals surface area contributed by atoms with Crippen LogP contribution in [-0.4, -0.2) is 49.1 Å². The van der Waals surface area contributed by atoms with Gasteiger partial charge in [-0.3, -0.25) is 9.69 Å². The fraction of sp³-hybridized carbons (Fsp3) is 0.800. The molecule has 1 unspecified atom stereocenters. The van der Waals surface area contributed by atoms with Gasteiger partial charge in [0.1, 0.15) is 11.6 Å². The first kappa shape index (κ1) is 18.6. The highest BCUT2D eigenvalue weighted by atomic mass is 16.6. The highest BCUT2D eigenvalue weighted by molar-refractivity contribution is 5.80. The van der Waals surface area contributed by atoms with E-state index in [2.05, 4.69) is 5.32 Å². The summed E-state index contributed by atoms with van der Waals surface area (Å²) in [6.07, 6.45) is 2.81. The highest BCUT2D eigenvalue weighted by Crippen LogP contribution is 2.08. The van der Waals surface area contributed by atoms with E-state index in [0.29, 0.717) is 37.3 Å². The molecule has 0 aromatic rings. The topological polar surface area (TPSA) is 103 Å². The average Bonchev–Trinajstić information content (AvgIpc) is 2.88. The first-order chi connectivity index (χ1) is 10.3. The van der Waals surface area contributed by atoms with Gasteiger partial charge in [-0.1, -0.05) is 0 Å². The molecule has 1 saturated heterocycles. The van der Waals surface area contributed by atoms with Crippen molar-refractivity contribution in [3.63, 3.8) is 0 Å². The van der Waals surface area contributed by atoms with Crippen LogP contribution >= 0.6 is 0 Å². The molecular formula is C15H28N3O4+. The Bertz CT molecular complexity index is 406. The van der Waals surface area contributed by atoms with Gasteiger partial charge in [-0.2, -0.15) is 0 Å². The second kappa shape index (κ2) is 8.24. The third-order valence-corrected chi connectivity index (χ3v) is 3.59. The Morgan fingerprint density at radius 3 is 2.68 bits per heavy atom. The molecule has 0 saturated carbocycles. The maximum absolute atomic E-state index is 12.6. The standard InChI is InChI=1S/C15H27N3O4/c1-15(2,3)22-14(21)17-12(7-4-8-16)13(20)18-9-5-6-11(18)10-19/h10-12H,4-9,16H2,1-3H3,(H,17,21)/p+1/t11-,12-/m0/s1. The zero-order valence-electron chi connectivity index (χ0n) is 13.7. The van der Waals surface area contributed by atoms with Crippen molar-refractivity contribution in [2.75, 3.05) is 13.1 Å². The van der Waals surface area contributed by atoms with E-state index in [4.69, 9.17) is 10.5 Å². The second-order valence-electron chi connectivity index (χ2n) is 6.65. The van der Waals surface area contributed by atoms with Gasteiger partial charge in [-0.25, -0.2) is 9.59 Å². The van der Waals surface area contributed by atoms with Crippen LogP contribution in [0.4, 0.5) is 4.79 Å². The number of likely N-dealkylation sites (tertiary alicyclic amines) is 1. The summed E-state index contributed by atoms with van der Waals surface area (Å²) >= 11 is 0. The molecule has 0 spiro atoms. The van der Waals surface area contributed by atoms with Crippen molar-refractivity contribution in [3.8, 4) is 0 Å². The molecule has 0 bridgehead atoms. The normalized spacial score (nSPS) is 22.9. The van der Waals surface area contributed by atoms with Crippen molar-refractivity contribution in [3.05, 3.63) is 0 Å². The van der Waals surface area contributed by atoms with Gasteiger partial charge in [-0.05, 0) is 40.2 Å². The summed E-state index contributed by atoms with van der Waals surface area (Å²) in [5.74, 6) is -0.158. The molecule has 0 aliphatic carbocycles. The molecule has 1 rings (SSSR count). The van der Waals surface area contributed by atoms with Gasteiger partial charge in [0, 0.05) is 12.8 Å². The van der Waals surface area contributed by atoms with Gasteiger partial charge in [-0.15, -0.1) is 0 Å². The number of hydrogen-bond acceptors (Lipinski definition) is 5. The second-order valence-corrected chi connectivity index (χ2v) is 6.65. The molecule has 0 aromatic carbocycles. The van der Waals surface area contributed by atoms with E-state index in [9.17, 15) is 14.4 Å². The predicted octanol–water partition coefficient (Wildman–Crippen LogP) is -0.609. The number of ether oxygens (including phenoxy) is 1. The molecular weight excluding hydrogens is 286 g/mol. The smallest absolute Gasteiger partial charge is 0.408 e. The molecule has 0 radical (unpaired) electrons. The van der Waals surface area contributed by atoms with Crippen LogP contribution in [-0.2, 0) is 14.3 Å². The van der Waals surface area contributed by atoms with Gasteiger partial charge in [0.05, 0.1) is 6.54 Å². The lowest BCUT2D eigenvalue weighted by atomic mass is 10.1. The van der Waals surface area contributed by atoms with Crippen LogP contribution in [0.3, 0.4) is 0 Å². The number of rotatable bonds is 6. The summed E-state index contributed by atoms with van der Waals surface area (Å²) in [7, 11) is 0. The third kappa shape index (κ3) is 5.73. The minimum atomic E-state index is -0.672. The Kier molecular flexibility index (Phi) is 6.96. The molecule has 126 valence electrons. The highest BCUT2D eigenvalue weighted by Gasteiger charge is 2.39. The van der Waals surface area contributed by atoms with Gasteiger partial charge in [0.15, 0.2) is 12.3 Å². The Hall–Kier alpha value is -1.47. The number of amides is 2. The molecule has 7 nitrogen and oxygen atoms in total. The first-order valence-electron chi connectivity index (χ1n) is 7.83. The van der Waals surface area contributed by atoms with Crippen LogP contribution in [0.2, 0.25) is 0 Å². The molecule has 1 heterocycles.